The molecule has 0 saturated carbocycles. The lowest BCUT2D eigenvalue weighted by atomic mass is 10.3. The highest BCUT2D eigenvalue weighted by atomic mass is 127. The van der Waals surface area contributed by atoms with Gasteiger partial charge in [-0.05, 0) is 29.5 Å². The molecule has 15 heavy (non-hydrogen) atoms. The third-order valence-corrected chi connectivity index (χ3v) is 3.22. The molecule has 0 bridgehead atoms. The minimum Gasteiger partial charge on any atom is -0.269 e. The number of hydrogen-bond donors (Lipinski definition) is 0. The van der Waals surface area contributed by atoms with E-state index in [-0.39, 0.29) is 0 Å². The third-order valence-electron chi connectivity index (χ3n) is 2.18. The van der Waals surface area contributed by atoms with Crippen LogP contribution in [0.5, 0.6) is 0 Å². The highest BCUT2D eigenvalue weighted by Crippen LogP contribution is 2.20. The summed E-state index contributed by atoms with van der Waals surface area (Å²) in [6.45, 7) is 2.55. The van der Waals surface area contributed by atoms with Crippen LogP contribution in [0.4, 0.5) is 0 Å². The van der Waals surface area contributed by atoms with Crippen molar-refractivity contribution in [1.29, 1.82) is 0 Å². The van der Waals surface area contributed by atoms with E-state index >= 15 is 0 Å². The first-order valence-corrected chi connectivity index (χ1v) is 5.89. The summed E-state index contributed by atoms with van der Waals surface area (Å²) in [5.74, 6) is 0. The van der Waals surface area contributed by atoms with Gasteiger partial charge >= 0.3 is 0 Å². The smallest absolute Gasteiger partial charge is 0.0866 e. The van der Waals surface area contributed by atoms with Crippen molar-refractivity contribution >= 4 is 34.2 Å². The van der Waals surface area contributed by atoms with Crippen LogP contribution >= 0.6 is 34.2 Å². The zero-order chi connectivity index (χ0) is 11.0. The van der Waals surface area contributed by atoms with Crippen LogP contribution in [0.15, 0.2) is 12.4 Å². The quantitative estimate of drug-likeness (QED) is 0.789. The maximum atomic E-state index is 6.14. The first-order valence-electron chi connectivity index (χ1n) is 4.44. The normalized spacial score (nSPS) is 10.9. The molecule has 0 amide bonds. The first kappa shape index (κ1) is 10.9. The fourth-order valence-corrected chi connectivity index (χ4v) is 2.10. The maximum absolute atomic E-state index is 6.14. The zero-order valence-electron chi connectivity index (χ0n) is 8.41. The lowest BCUT2D eigenvalue weighted by molar-refractivity contribution is 0.618. The molecule has 0 aromatic carbocycles. The Bertz CT molecular complexity index is 488. The van der Waals surface area contributed by atoms with Gasteiger partial charge in [-0.15, -0.1) is 0 Å². The molecule has 2 rings (SSSR count). The predicted molar refractivity (Wildman–Crippen MR) is 67.0 cm³/mol. The molecule has 6 heteroatoms. The minimum absolute atomic E-state index is 0.652. The van der Waals surface area contributed by atoms with E-state index < -0.39 is 0 Å². The number of halogens is 2. The van der Waals surface area contributed by atoms with Gasteiger partial charge in [-0.2, -0.15) is 10.2 Å². The van der Waals surface area contributed by atoms with Gasteiger partial charge in [0, 0.05) is 13.2 Å². The van der Waals surface area contributed by atoms with E-state index in [0.717, 1.165) is 20.0 Å². The van der Waals surface area contributed by atoms with Gasteiger partial charge in [0.1, 0.15) is 0 Å². The van der Waals surface area contributed by atoms with Gasteiger partial charge in [0.2, 0.25) is 0 Å². The summed E-state index contributed by atoms with van der Waals surface area (Å²) in [6, 6.07) is 0. The van der Waals surface area contributed by atoms with Gasteiger partial charge in [-0.1, -0.05) is 11.6 Å². The van der Waals surface area contributed by atoms with E-state index in [1.54, 1.807) is 4.68 Å². The third kappa shape index (κ3) is 2.17. The molecule has 0 atom stereocenters. The number of aromatic nitrogens is 4. The molecule has 0 radical (unpaired) electrons. The van der Waals surface area contributed by atoms with Gasteiger partial charge < -0.3 is 0 Å². The molecule has 0 aliphatic heterocycles. The molecular weight excluding hydrogens is 326 g/mol. The molecule has 0 aliphatic rings. The average Bonchev–Trinajstić information content (AvgIpc) is 2.67. The fourth-order valence-electron chi connectivity index (χ4n) is 1.43. The van der Waals surface area contributed by atoms with E-state index in [0.29, 0.717) is 6.54 Å². The second-order valence-electron chi connectivity index (χ2n) is 3.33. The van der Waals surface area contributed by atoms with E-state index in [2.05, 4.69) is 32.8 Å². The molecule has 80 valence electrons. The Morgan fingerprint density at radius 3 is 2.73 bits per heavy atom. The Morgan fingerprint density at radius 1 is 1.53 bits per heavy atom. The second-order valence-corrected chi connectivity index (χ2v) is 4.95. The number of hydrogen-bond acceptors (Lipinski definition) is 2. The Balaban J connectivity index is 2.31. The SMILES string of the molecule is Cc1nn(C)c(Cn2cc(I)cn2)c1Cl. The van der Waals surface area contributed by atoms with Crippen molar-refractivity contribution in [3.8, 4) is 0 Å². The second kappa shape index (κ2) is 4.13. The minimum atomic E-state index is 0.652. The highest BCUT2D eigenvalue weighted by Gasteiger charge is 2.11. The van der Waals surface area contributed by atoms with E-state index in [1.165, 1.54) is 0 Å². The summed E-state index contributed by atoms with van der Waals surface area (Å²) in [7, 11) is 1.89. The van der Waals surface area contributed by atoms with E-state index in [4.69, 9.17) is 11.6 Å². The van der Waals surface area contributed by atoms with Crippen LogP contribution < -0.4 is 0 Å². The monoisotopic (exact) mass is 336 g/mol. The van der Waals surface area contributed by atoms with Crippen LogP contribution in [0.25, 0.3) is 0 Å². The number of nitrogens with zero attached hydrogens (tertiary/aromatic N) is 4. The summed E-state index contributed by atoms with van der Waals surface area (Å²) >= 11 is 8.37. The van der Waals surface area contributed by atoms with Crippen molar-refractivity contribution in [2.75, 3.05) is 0 Å². The first-order chi connectivity index (χ1) is 7.08. The molecule has 0 saturated heterocycles. The van der Waals surface area contributed by atoms with Gasteiger partial charge in [0.25, 0.3) is 0 Å². The molecular formula is C9H10ClIN4. The Labute approximate surface area is 106 Å². The van der Waals surface area contributed by atoms with Gasteiger partial charge in [0.15, 0.2) is 0 Å². The lowest BCUT2D eigenvalue weighted by Gasteiger charge is -2.02. The molecule has 2 aromatic rings. The van der Waals surface area contributed by atoms with Crippen LogP contribution in [0.2, 0.25) is 5.02 Å². The number of rotatable bonds is 2. The lowest BCUT2D eigenvalue weighted by Crippen LogP contribution is -2.06. The van der Waals surface area contributed by atoms with Crippen molar-refractivity contribution < 1.29 is 0 Å². The predicted octanol–water partition coefficient (Wildman–Crippen LogP) is 2.23. The van der Waals surface area contributed by atoms with Gasteiger partial charge in [-0.25, -0.2) is 0 Å². The van der Waals surface area contributed by atoms with Crippen LogP contribution in [-0.4, -0.2) is 19.6 Å². The Morgan fingerprint density at radius 2 is 2.27 bits per heavy atom. The standard InChI is InChI=1S/C9H10ClIN4/c1-6-9(10)8(14(2)13-6)5-15-4-7(11)3-12-15/h3-4H,5H2,1-2H3. The van der Waals surface area contributed by atoms with E-state index in [1.807, 2.05) is 31.0 Å². The molecule has 0 aliphatic carbocycles. The van der Waals surface area contributed by atoms with Crippen LogP contribution in [0.3, 0.4) is 0 Å². The number of aryl methyl sites for hydroxylation is 2. The molecule has 0 fully saturated rings. The summed E-state index contributed by atoms with van der Waals surface area (Å²) < 4.78 is 4.76. The van der Waals surface area contributed by atoms with Crippen molar-refractivity contribution in [2.24, 2.45) is 7.05 Å². The Kier molecular flexibility index (Phi) is 3.01. The van der Waals surface area contributed by atoms with Crippen LogP contribution in [0, 0.1) is 10.5 Å². The summed E-state index contributed by atoms with van der Waals surface area (Å²) in [5.41, 5.74) is 1.84. The summed E-state index contributed by atoms with van der Waals surface area (Å²) in [4.78, 5) is 0. The zero-order valence-corrected chi connectivity index (χ0v) is 11.3. The van der Waals surface area contributed by atoms with Crippen molar-refractivity contribution in [1.82, 2.24) is 19.6 Å². The molecule has 0 unspecified atom stereocenters. The average molecular weight is 337 g/mol. The van der Waals surface area contributed by atoms with Crippen molar-refractivity contribution in [2.45, 2.75) is 13.5 Å². The maximum Gasteiger partial charge on any atom is 0.0866 e. The van der Waals surface area contributed by atoms with Crippen molar-refractivity contribution in [3.05, 3.63) is 32.4 Å². The molecule has 0 spiro atoms. The molecule has 4 nitrogen and oxygen atoms in total. The van der Waals surface area contributed by atoms with Crippen LogP contribution in [0.1, 0.15) is 11.4 Å². The van der Waals surface area contributed by atoms with E-state index in [9.17, 15) is 0 Å². The van der Waals surface area contributed by atoms with Crippen molar-refractivity contribution in [3.63, 3.8) is 0 Å². The largest absolute Gasteiger partial charge is 0.269 e. The van der Waals surface area contributed by atoms with Gasteiger partial charge in [0.05, 0.1) is 32.7 Å². The van der Waals surface area contributed by atoms with Gasteiger partial charge in [-0.3, -0.25) is 9.36 Å². The Hall–Kier alpha value is -0.560. The molecule has 2 aromatic heterocycles. The summed E-state index contributed by atoms with van der Waals surface area (Å²) in [5, 5.41) is 9.19. The summed E-state index contributed by atoms with van der Waals surface area (Å²) in [6.07, 6.45) is 3.79. The molecule has 2 heterocycles. The highest BCUT2D eigenvalue weighted by molar-refractivity contribution is 14.1. The fraction of sp³-hybridized carbons (Fsp3) is 0.333. The van der Waals surface area contributed by atoms with Crippen LogP contribution in [-0.2, 0) is 13.6 Å². The molecule has 0 N–H and O–H groups in total. The topological polar surface area (TPSA) is 35.6 Å².